The summed E-state index contributed by atoms with van der Waals surface area (Å²) in [6.45, 7) is 1.72. The van der Waals surface area contributed by atoms with Crippen LogP contribution in [0.2, 0.25) is 0 Å². The van der Waals surface area contributed by atoms with Crippen LogP contribution in [0.25, 0.3) is 0 Å². The smallest absolute Gasteiger partial charge is 0.318 e. The number of nitrogens with zero attached hydrogens (tertiary/aromatic N) is 1. The molecule has 138 valence electrons. The first-order chi connectivity index (χ1) is 11.6. The monoisotopic (exact) mass is 366 g/mol. The predicted molar refractivity (Wildman–Crippen MR) is 99.6 cm³/mol. The fraction of sp³-hybridized carbons (Fsp3) is 0.556. The van der Waals surface area contributed by atoms with Crippen molar-refractivity contribution in [3.05, 3.63) is 35.4 Å². The summed E-state index contributed by atoms with van der Waals surface area (Å²) in [4.78, 5) is 26.2. The van der Waals surface area contributed by atoms with E-state index < -0.39 is 0 Å². The molecule has 0 unspecified atom stereocenters. The van der Waals surface area contributed by atoms with E-state index in [1.54, 1.807) is 4.90 Å². The average molecular weight is 367 g/mol. The summed E-state index contributed by atoms with van der Waals surface area (Å²) >= 11 is 0. The second-order valence-electron chi connectivity index (χ2n) is 6.84. The molecule has 1 aliphatic heterocycles. The van der Waals surface area contributed by atoms with Gasteiger partial charge in [0.2, 0.25) is 5.91 Å². The first-order valence-corrected chi connectivity index (χ1v) is 8.72. The molecular weight excluding hydrogens is 340 g/mol. The molecule has 2 aliphatic rings. The minimum absolute atomic E-state index is 0. The highest BCUT2D eigenvalue weighted by atomic mass is 35.5. The van der Waals surface area contributed by atoms with E-state index in [1.807, 2.05) is 18.2 Å². The lowest BCUT2D eigenvalue weighted by molar-refractivity contribution is -0.121. The van der Waals surface area contributed by atoms with Crippen LogP contribution < -0.4 is 16.4 Å². The van der Waals surface area contributed by atoms with Crippen molar-refractivity contribution in [1.29, 1.82) is 0 Å². The maximum atomic E-state index is 12.3. The molecule has 0 saturated heterocycles. The number of nitrogens with one attached hydrogen (secondary N) is 2. The molecule has 25 heavy (non-hydrogen) atoms. The summed E-state index contributed by atoms with van der Waals surface area (Å²) in [5.41, 5.74) is 8.03. The average Bonchev–Trinajstić information content (AvgIpc) is 3.08. The number of benzene rings is 1. The summed E-state index contributed by atoms with van der Waals surface area (Å²) < 4.78 is 0. The number of rotatable bonds is 4. The van der Waals surface area contributed by atoms with Crippen molar-refractivity contribution in [1.82, 2.24) is 15.5 Å². The topological polar surface area (TPSA) is 87.5 Å². The summed E-state index contributed by atoms with van der Waals surface area (Å²) in [5.74, 6) is -0.159. The van der Waals surface area contributed by atoms with Crippen LogP contribution in [0.4, 0.5) is 4.79 Å². The second-order valence-corrected chi connectivity index (χ2v) is 6.84. The molecule has 7 heteroatoms. The first kappa shape index (κ1) is 19.5. The molecule has 1 saturated carbocycles. The van der Waals surface area contributed by atoms with Crippen molar-refractivity contribution in [2.75, 3.05) is 19.6 Å². The Hall–Kier alpha value is -1.79. The number of carbonyl (C=O) groups is 2. The van der Waals surface area contributed by atoms with Crippen LogP contribution in [0.5, 0.6) is 0 Å². The number of hydrogen-bond acceptors (Lipinski definition) is 3. The van der Waals surface area contributed by atoms with E-state index in [0.29, 0.717) is 19.6 Å². The van der Waals surface area contributed by atoms with Gasteiger partial charge in [-0.25, -0.2) is 4.79 Å². The Morgan fingerprint density at radius 1 is 1.16 bits per heavy atom. The van der Waals surface area contributed by atoms with Gasteiger partial charge in [0.1, 0.15) is 0 Å². The van der Waals surface area contributed by atoms with Crippen LogP contribution in [0, 0.1) is 0 Å². The van der Waals surface area contributed by atoms with E-state index in [0.717, 1.165) is 32.1 Å². The number of urea groups is 1. The third-order valence-corrected chi connectivity index (χ3v) is 5.17. The van der Waals surface area contributed by atoms with Gasteiger partial charge in [0.05, 0.1) is 12.1 Å². The quantitative estimate of drug-likeness (QED) is 0.755. The molecule has 6 nitrogen and oxygen atoms in total. The van der Waals surface area contributed by atoms with Crippen molar-refractivity contribution in [2.45, 2.75) is 44.2 Å². The van der Waals surface area contributed by atoms with Crippen LogP contribution in [0.15, 0.2) is 24.3 Å². The maximum absolute atomic E-state index is 12.3. The fourth-order valence-corrected chi connectivity index (χ4v) is 3.71. The zero-order valence-corrected chi connectivity index (χ0v) is 15.2. The molecule has 1 aromatic rings. The minimum atomic E-state index is -0.272. The molecule has 1 aromatic carbocycles. The van der Waals surface area contributed by atoms with Gasteiger partial charge in [0, 0.05) is 19.6 Å². The molecule has 3 amide bonds. The molecule has 0 aromatic heterocycles. The van der Waals surface area contributed by atoms with Crippen molar-refractivity contribution in [3.8, 4) is 0 Å². The van der Waals surface area contributed by atoms with E-state index in [2.05, 4.69) is 16.7 Å². The van der Waals surface area contributed by atoms with E-state index in [4.69, 9.17) is 5.73 Å². The van der Waals surface area contributed by atoms with E-state index in [-0.39, 0.29) is 36.4 Å². The van der Waals surface area contributed by atoms with E-state index in [9.17, 15) is 9.59 Å². The number of hydrogen-bond donors (Lipinski definition) is 3. The van der Waals surface area contributed by atoms with E-state index in [1.165, 1.54) is 11.1 Å². The van der Waals surface area contributed by atoms with Crippen molar-refractivity contribution in [2.24, 2.45) is 5.73 Å². The molecule has 3 rings (SSSR count). The second kappa shape index (κ2) is 8.54. The highest BCUT2D eigenvalue weighted by Gasteiger charge is 2.33. The van der Waals surface area contributed by atoms with Gasteiger partial charge in [-0.1, -0.05) is 37.1 Å². The van der Waals surface area contributed by atoms with Crippen molar-refractivity contribution in [3.63, 3.8) is 0 Å². The summed E-state index contributed by atoms with van der Waals surface area (Å²) in [6.07, 6.45) is 4.89. The van der Waals surface area contributed by atoms with Gasteiger partial charge in [-0.2, -0.15) is 0 Å². The van der Waals surface area contributed by atoms with Crippen LogP contribution in [0.1, 0.15) is 36.8 Å². The molecule has 4 N–H and O–H groups in total. The third kappa shape index (κ3) is 4.64. The Kier molecular flexibility index (Phi) is 6.67. The molecule has 1 fully saturated rings. The Labute approximate surface area is 154 Å². The SMILES string of the molecule is Cl.NCC1(NC(=O)CNC(=O)N2CCc3ccccc3C2)CCCC1. The first-order valence-electron chi connectivity index (χ1n) is 8.72. The van der Waals surface area contributed by atoms with Gasteiger partial charge in [-0.15, -0.1) is 12.4 Å². The van der Waals surface area contributed by atoms with Gasteiger partial charge >= 0.3 is 6.03 Å². The maximum Gasteiger partial charge on any atom is 0.318 e. The van der Waals surface area contributed by atoms with Crippen LogP contribution >= 0.6 is 12.4 Å². The Morgan fingerprint density at radius 2 is 1.84 bits per heavy atom. The summed E-state index contributed by atoms with van der Waals surface area (Å²) in [5, 5.41) is 5.75. The molecule has 0 radical (unpaired) electrons. The number of fused-ring (bicyclic) bond motifs is 1. The van der Waals surface area contributed by atoms with Crippen molar-refractivity contribution < 1.29 is 9.59 Å². The van der Waals surface area contributed by atoms with Gasteiger partial charge in [-0.3, -0.25) is 4.79 Å². The molecule has 0 bridgehead atoms. The predicted octanol–water partition coefficient (Wildman–Crippen LogP) is 1.56. The Morgan fingerprint density at radius 3 is 2.52 bits per heavy atom. The highest BCUT2D eigenvalue weighted by molar-refractivity contribution is 5.85. The third-order valence-electron chi connectivity index (χ3n) is 5.17. The Balaban J connectivity index is 0.00000225. The van der Waals surface area contributed by atoms with Crippen LogP contribution in [-0.2, 0) is 17.8 Å². The van der Waals surface area contributed by atoms with Gasteiger partial charge in [0.15, 0.2) is 0 Å². The number of nitrogens with two attached hydrogens (primary N) is 1. The highest BCUT2D eigenvalue weighted by Crippen LogP contribution is 2.28. The standard InChI is InChI=1S/C18H26N4O2.ClH/c19-13-18(8-3-4-9-18)21-16(23)11-20-17(24)22-10-7-14-5-1-2-6-15(14)12-22;/h1-2,5-6H,3-4,7-13,19H2,(H,20,24)(H,21,23);1H. The fourth-order valence-electron chi connectivity index (χ4n) is 3.71. The summed E-state index contributed by atoms with van der Waals surface area (Å²) in [6, 6.07) is 7.97. The van der Waals surface area contributed by atoms with Crippen LogP contribution in [-0.4, -0.2) is 42.0 Å². The summed E-state index contributed by atoms with van der Waals surface area (Å²) in [7, 11) is 0. The molecule has 1 heterocycles. The van der Waals surface area contributed by atoms with Gasteiger partial charge in [-0.05, 0) is 30.4 Å². The lowest BCUT2D eigenvalue weighted by atomic mass is 9.98. The lowest BCUT2D eigenvalue weighted by Crippen LogP contribution is -2.55. The lowest BCUT2D eigenvalue weighted by Gasteiger charge is -2.30. The largest absolute Gasteiger partial charge is 0.348 e. The minimum Gasteiger partial charge on any atom is -0.348 e. The van der Waals surface area contributed by atoms with E-state index >= 15 is 0 Å². The number of halogens is 1. The van der Waals surface area contributed by atoms with Crippen molar-refractivity contribution >= 4 is 24.3 Å². The normalized spacial score (nSPS) is 18.0. The number of amides is 3. The molecule has 1 aliphatic carbocycles. The molecule has 0 atom stereocenters. The number of carbonyl (C=O) groups excluding carboxylic acids is 2. The molecule has 0 spiro atoms. The van der Waals surface area contributed by atoms with Crippen LogP contribution in [0.3, 0.4) is 0 Å². The molecular formula is C18H27ClN4O2. The van der Waals surface area contributed by atoms with Gasteiger partial charge in [0.25, 0.3) is 0 Å². The van der Waals surface area contributed by atoms with Gasteiger partial charge < -0.3 is 21.3 Å². The zero-order valence-electron chi connectivity index (χ0n) is 14.4. The Bertz CT molecular complexity index is 617. The zero-order chi connectivity index (χ0) is 17.0.